The van der Waals surface area contributed by atoms with E-state index in [1.807, 2.05) is 18.2 Å². The fourth-order valence-corrected chi connectivity index (χ4v) is 3.03. The summed E-state index contributed by atoms with van der Waals surface area (Å²) in [5.41, 5.74) is 3.34. The lowest BCUT2D eigenvalue weighted by Gasteiger charge is -2.26. The Kier molecular flexibility index (Phi) is 2.60. The third-order valence-corrected chi connectivity index (χ3v) is 3.86. The maximum Gasteiger partial charge on any atom is 0.101 e. The monoisotopic (exact) mass is 224 g/mol. The Morgan fingerprint density at radius 2 is 2.12 bits per heavy atom. The molecule has 1 aliphatic heterocycles. The molecule has 1 atom stereocenters. The maximum absolute atomic E-state index is 9.18. The topological polar surface area (TPSA) is 27.0 Å². The lowest BCUT2D eigenvalue weighted by Crippen LogP contribution is -2.20. The molecule has 1 fully saturated rings. The summed E-state index contributed by atoms with van der Waals surface area (Å²) < 4.78 is 0. The number of nitrogens with zero attached hydrogens (tertiary/aromatic N) is 2. The second-order valence-electron chi connectivity index (χ2n) is 4.83. The second-order valence-corrected chi connectivity index (χ2v) is 4.83. The molecule has 0 saturated carbocycles. The lowest BCUT2D eigenvalue weighted by atomic mass is 9.92. The second kappa shape index (κ2) is 4.25. The number of hydrogen-bond acceptors (Lipinski definition) is 2. The van der Waals surface area contributed by atoms with Crippen molar-refractivity contribution >= 4 is 5.69 Å². The molecule has 1 aromatic carbocycles. The van der Waals surface area contributed by atoms with E-state index in [-0.39, 0.29) is 0 Å². The summed E-state index contributed by atoms with van der Waals surface area (Å²) >= 11 is 0. The third kappa shape index (κ3) is 1.72. The SMILES string of the molecule is N#Cc1ccccc1N1CCC2CCCC=C21. The Labute approximate surface area is 102 Å². The van der Waals surface area contributed by atoms with Gasteiger partial charge in [0, 0.05) is 18.2 Å². The standard InChI is InChI=1S/C15H16N2/c16-11-13-6-2-4-8-15(13)17-10-9-12-5-1-3-7-14(12)17/h2,4,6-8,12H,1,3,5,9-10H2. The molecule has 17 heavy (non-hydrogen) atoms. The van der Waals surface area contributed by atoms with Crippen LogP contribution in [0, 0.1) is 17.2 Å². The van der Waals surface area contributed by atoms with Gasteiger partial charge in [-0.1, -0.05) is 18.2 Å². The number of hydrogen-bond donors (Lipinski definition) is 0. The molecule has 0 radical (unpaired) electrons. The van der Waals surface area contributed by atoms with Crippen molar-refractivity contribution in [2.45, 2.75) is 25.7 Å². The van der Waals surface area contributed by atoms with Crippen LogP contribution in [0.3, 0.4) is 0 Å². The molecule has 1 unspecified atom stereocenters. The number of nitriles is 1. The molecule has 86 valence electrons. The fraction of sp³-hybridized carbons (Fsp3) is 0.400. The summed E-state index contributed by atoms with van der Waals surface area (Å²) in [6.45, 7) is 1.06. The van der Waals surface area contributed by atoms with Gasteiger partial charge in [-0.05, 0) is 37.8 Å². The van der Waals surface area contributed by atoms with Crippen LogP contribution in [0.1, 0.15) is 31.2 Å². The van der Waals surface area contributed by atoms with E-state index in [4.69, 9.17) is 0 Å². The molecule has 1 saturated heterocycles. The van der Waals surface area contributed by atoms with E-state index >= 15 is 0 Å². The Bertz CT molecular complexity index is 496. The van der Waals surface area contributed by atoms with Crippen molar-refractivity contribution in [3.8, 4) is 6.07 Å². The number of para-hydroxylation sites is 1. The largest absolute Gasteiger partial charge is 0.344 e. The molecule has 2 aliphatic rings. The molecule has 0 amide bonds. The van der Waals surface area contributed by atoms with Crippen LogP contribution in [0.2, 0.25) is 0 Å². The van der Waals surface area contributed by atoms with Crippen LogP contribution >= 0.6 is 0 Å². The highest BCUT2D eigenvalue weighted by Crippen LogP contribution is 2.39. The summed E-state index contributed by atoms with van der Waals surface area (Å²) in [5.74, 6) is 0.732. The molecular formula is C15H16N2. The molecule has 1 heterocycles. The zero-order valence-corrected chi connectivity index (χ0v) is 9.89. The minimum atomic E-state index is 0.732. The van der Waals surface area contributed by atoms with E-state index in [2.05, 4.69) is 23.1 Å². The Morgan fingerprint density at radius 1 is 1.24 bits per heavy atom. The first kappa shape index (κ1) is 10.4. The van der Waals surface area contributed by atoms with Crippen molar-refractivity contribution in [3.63, 3.8) is 0 Å². The van der Waals surface area contributed by atoms with Crippen LogP contribution in [-0.2, 0) is 0 Å². The van der Waals surface area contributed by atoms with Gasteiger partial charge in [-0.2, -0.15) is 5.26 Å². The van der Waals surface area contributed by atoms with Gasteiger partial charge in [0.25, 0.3) is 0 Å². The summed E-state index contributed by atoms with van der Waals surface area (Å²) in [6, 6.07) is 10.2. The lowest BCUT2D eigenvalue weighted by molar-refractivity contribution is 0.532. The summed E-state index contributed by atoms with van der Waals surface area (Å²) in [5, 5.41) is 9.18. The third-order valence-electron chi connectivity index (χ3n) is 3.86. The van der Waals surface area contributed by atoms with Crippen LogP contribution in [-0.4, -0.2) is 6.54 Å². The van der Waals surface area contributed by atoms with Crippen molar-refractivity contribution in [2.75, 3.05) is 11.4 Å². The van der Waals surface area contributed by atoms with Gasteiger partial charge in [0.1, 0.15) is 6.07 Å². The van der Waals surface area contributed by atoms with Gasteiger partial charge in [-0.3, -0.25) is 0 Å². The van der Waals surface area contributed by atoms with E-state index in [9.17, 15) is 5.26 Å². The van der Waals surface area contributed by atoms with Crippen molar-refractivity contribution in [2.24, 2.45) is 5.92 Å². The van der Waals surface area contributed by atoms with Crippen molar-refractivity contribution in [3.05, 3.63) is 41.6 Å². The summed E-state index contributed by atoms with van der Waals surface area (Å²) in [4.78, 5) is 2.35. The Morgan fingerprint density at radius 3 is 3.00 bits per heavy atom. The van der Waals surface area contributed by atoms with Gasteiger partial charge in [0.2, 0.25) is 0 Å². The fourth-order valence-electron chi connectivity index (χ4n) is 3.03. The molecule has 0 N–H and O–H groups in total. The number of fused-ring (bicyclic) bond motifs is 1. The highest BCUT2D eigenvalue weighted by molar-refractivity contribution is 5.63. The highest BCUT2D eigenvalue weighted by Gasteiger charge is 2.30. The van der Waals surface area contributed by atoms with Crippen molar-refractivity contribution < 1.29 is 0 Å². The van der Waals surface area contributed by atoms with Crippen LogP contribution in [0.15, 0.2) is 36.0 Å². The van der Waals surface area contributed by atoms with E-state index in [1.165, 1.54) is 31.4 Å². The van der Waals surface area contributed by atoms with Crippen molar-refractivity contribution in [1.82, 2.24) is 0 Å². The van der Waals surface area contributed by atoms with Gasteiger partial charge in [-0.25, -0.2) is 0 Å². The molecule has 0 spiro atoms. The number of benzene rings is 1. The Balaban J connectivity index is 2.00. The zero-order chi connectivity index (χ0) is 11.7. The molecule has 0 aromatic heterocycles. The quantitative estimate of drug-likeness (QED) is 0.730. The van der Waals surface area contributed by atoms with E-state index in [1.54, 1.807) is 0 Å². The number of anilines is 1. The van der Waals surface area contributed by atoms with Gasteiger partial charge < -0.3 is 4.90 Å². The van der Waals surface area contributed by atoms with Gasteiger partial charge >= 0.3 is 0 Å². The van der Waals surface area contributed by atoms with Crippen LogP contribution in [0.5, 0.6) is 0 Å². The van der Waals surface area contributed by atoms with E-state index < -0.39 is 0 Å². The van der Waals surface area contributed by atoms with Gasteiger partial charge in [0.15, 0.2) is 0 Å². The number of rotatable bonds is 1. The molecule has 0 bridgehead atoms. The summed E-state index contributed by atoms with van der Waals surface area (Å²) in [7, 11) is 0. The average molecular weight is 224 g/mol. The molecule has 2 nitrogen and oxygen atoms in total. The van der Waals surface area contributed by atoms with E-state index in [0.29, 0.717) is 0 Å². The minimum absolute atomic E-state index is 0.732. The molecular weight excluding hydrogens is 208 g/mol. The van der Waals surface area contributed by atoms with Gasteiger partial charge in [-0.15, -0.1) is 0 Å². The first-order valence-corrected chi connectivity index (χ1v) is 6.37. The Hall–Kier alpha value is -1.75. The van der Waals surface area contributed by atoms with Crippen LogP contribution in [0.25, 0.3) is 0 Å². The molecule has 1 aromatic rings. The zero-order valence-electron chi connectivity index (χ0n) is 9.89. The first-order valence-electron chi connectivity index (χ1n) is 6.37. The van der Waals surface area contributed by atoms with Crippen molar-refractivity contribution in [1.29, 1.82) is 5.26 Å². The van der Waals surface area contributed by atoms with E-state index in [0.717, 1.165) is 23.7 Å². The molecule has 2 heteroatoms. The van der Waals surface area contributed by atoms with Crippen LogP contribution < -0.4 is 4.90 Å². The predicted octanol–water partition coefficient (Wildman–Crippen LogP) is 3.45. The molecule has 1 aliphatic carbocycles. The predicted molar refractivity (Wildman–Crippen MR) is 68.5 cm³/mol. The minimum Gasteiger partial charge on any atom is -0.344 e. The number of allylic oxidation sites excluding steroid dienone is 2. The first-order chi connectivity index (χ1) is 8.40. The smallest absolute Gasteiger partial charge is 0.101 e. The average Bonchev–Trinajstić information content (AvgIpc) is 2.82. The van der Waals surface area contributed by atoms with Gasteiger partial charge in [0.05, 0.1) is 11.3 Å². The summed E-state index contributed by atoms with van der Waals surface area (Å²) in [6.07, 6.45) is 7.44. The normalized spacial score (nSPS) is 22.9. The maximum atomic E-state index is 9.18. The van der Waals surface area contributed by atoms with Crippen LogP contribution in [0.4, 0.5) is 5.69 Å². The highest BCUT2D eigenvalue weighted by atomic mass is 15.2. The molecule has 3 rings (SSSR count).